The number of nitrogens with one attached hydrogen (secondary N) is 2. The fourth-order valence-electron chi connectivity index (χ4n) is 2.64. The second-order valence-corrected chi connectivity index (χ2v) is 5.60. The highest BCUT2D eigenvalue weighted by Gasteiger charge is 2.17. The zero-order valence-corrected chi connectivity index (χ0v) is 15.3. The molecule has 0 amide bonds. The molecule has 1 aromatic heterocycles. The second kappa shape index (κ2) is 8.36. The zero-order chi connectivity index (χ0) is 14.5. The number of para-hydroxylation sites is 2. The molecule has 1 aromatic carbocycles. The SMILES string of the molecule is CN=C(NCCn1cnc2ccccc21)NCC1CCC1.I. The number of aliphatic imine (C=N–C) groups is 1. The summed E-state index contributed by atoms with van der Waals surface area (Å²) in [4.78, 5) is 8.67. The minimum Gasteiger partial charge on any atom is -0.356 e. The quantitative estimate of drug-likeness (QED) is 0.450. The van der Waals surface area contributed by atoms with Gasteiger partial charge >= 0.3 is 0 Å². The van der Waals surface area contributed by atoms with Gasteiger partial charge in [-0.2, -0.15) is 0 Å². The molecule has 0 radical (unpaired) electrons. The molecule has 2 N–H and O–H groups in total. The van der Waals surface area contributed by atoms with E-state index in [1.807, 2.05) is 31.6 Å². The molecule has 0 unspecified atom stereocenters. The standard InChI is InChI=1S/C16H23N5.HI/c1-17-16(19-11-13-5-4-6-13)18-9-10-21-12-20-14-7-2-3-8-15(14)21;/h2-3,7-8,12-13H,4-6,9-11H2,1H3,(H2,17,18,19);1H. The van der Waals surface area contributed by atoms with Crippen LogP contribution in [0.3, 0.4) is 0 Å². The summed E-state index contributed by atoms with van der Waals surface area (Å²) in [5.74, 6) is 1.73. The van der Waals surface area contributed by atoms with Crippen molar-refractivity contribution in [2.24, 2.45) is 10.9 Å². The molecule has 1 aliphatic carbocycles. The van der Waals surface area contributed by atoms with Gasteiger partial charge in [0.2, 0.25) is 0 Å². The Morgan fingerprint density at radius 1 is 1.32 bits per heavy atom. The summed E-state index contributed by atoms with van der Waals surface area (Å²) in [6.45, 7) is 2.75. The topological polar surface area (TPSA) is 54.2 Å². The third-order valence-corrected chi connectivity index (χ3v) is 4.18. The number of imidazole rings is 1. The van der Waals surface area contributed by atoms with Crippen molar-refractivity contribution in [3.63, 3.8) is 0 Å². The van der Waals surface area contributed by atoms with E-state index < -0.39 is 0 Å². The summed E-state index contributed by atoms with van der Waals surface area (Å²) in [5.41, 5.74) is 2.22. The Balaban J connectivity index is 0.00000176. The molecule has 0 spiro atoms. The number of aromatic nitrogens is 2. The summed E-state index contributed by atoms with van der Waals surface area (Å²) in [6.07, 6.45) is 5.99. The summed E-state index contributed by atoms with van der Waals surface area (Å²) in [6, 6.07) is 8.21. The van der Waals surface area contributed by atoms with Gasteiger partial charge < -0.3 is 15.2 Å². The maximum Gasteiger partial charge on any atom is 0.191 e. The first-order valence-electron chi connectivity index (χ1n) is 7.71. The van der Waals surface area contributed by atoms with Crippen LogP contribution in [0.2, 0.25) is 0 Å². The fraction of sp³-hybridized carbons (Fsp3) is 0.500. The largest absolute Gasteiger partial charge is 0.356 e. The van der Waals surface area contributed by atoms with Gasteiger partial charge in [-0.05, 0) is 30.9 Å². The highest BCUT2D eigenvalue weighted by molar-refractivity contribution is 14.0. The molecule has 0 aliphatic heterocycles. The lowest BCUT2D eigenvalue weighted by Gasteiger charge is -2.26. The number of hydrogen-bond donors (Lipinski definition) is 2. The predicted molar refractivity (Wildman–Crippen MR) is 102 cm³/mol. The van der Waals surface area contributed by atoms with Gasteiger partial charge in [-0.3, -0.25) is 4.99 Å². The molecule has 22 heavy (non-hydrogen) atoms. The normalized spacial score (nSPS) is 15.2. The Labute approximate surface area is 148 Å². The predicted octanol–water partition coefficient (Wildman–Crippen LogP) is 2.62. The molecule has 1 heterocycles. The van der Waals surface area contributed by atoms with Crippen LogP contribution in [-0.2, 0) is 6.54 Å². The van der Waals surface area contributed by atoms with Crippen LogP contribution in [0.25, 0.3) is 11.0 Å². The van der Waals surface area contributed by atoms with Crippen molar-refractivity contribution >= 4 is 41.0 Å². The lowest BCUT2D eigenvalue weighted by Crippen LogP contribution is -2.42. The van der Waals surface area contributed by atoms with E-state index in [2.05, 4.69) is 31.2 Å². The van der Waals surface area contributed by atoms with E-state index in [9.17, 15) is 0 Å². The summed E-state index contributed by atoms with van der Waals surface area (Å²) in [7, 11) is 1.82. The number of halogens is 1. The number of fused-ring (bicyclic) bond motifs is 1. The molecule has 2 aromatic rings. The molecule has 0 bridgehead atoms. The van der Waals surface area contributed by atoms with Gasteiger partial charge in [0.25, 0.3) is 0 Å². The molecule has 3 rings (SSSR count). The van der Waals surface area contributed by atoms with Crippen LogP contribution in [0.5, 0.6) is 0 Å². The van der Waals surface area contributed by atoms with Crippen molar-refractivity contribution in [3.05, 3.63) is 30.6 Å². The average molecular weight is 413 g/mol. The highest BCUT2D eigenvalue weighted by atomic mass is 127. The molecule has 0 atom stereocenters. The lowest BCUT2D eigenvalue weighted by atomic mass is 9.85. The molecule has 120 valence electrons. The molecular formula is C16H24IN5. The highest BCUT2D eigenvalue weighted by Crippen LogP contribution is 2.24. The van der Waals surface area contributed by atoms with Gasteiger partial charge in [-0.15, -0.1) is 24.0 Å². The zero-order valence-electron chi connectivity index (χ0n) is 13.0. The van der Waals surface area contributed by atoms with Gasteiger partial charge in [0.05, 0.1) is 17.4 Å². The Morgan fingerprint density at radius 3 is 2.86 bits per heavy atom. The fourth-order valence-corrected chi connectivity index (χ4v) is 2.64. The van der Waals surface area contributed by atoms with Crippen LogP contribution in [0.1, 0.15) is 19.3 Å². The summed E-state index contributed by atoms with van der Waals surface area (Å²) >= 11 is 0. The van der Waals surface area contributed by atoms with Gasteiger partial charge in [-0.25, -0.2) is 4.98 Å². The van der Waals surface area contributed by atoms with E-state index in [1.165, 1.54) is 24.8 Å². The van der Waals surface area contributed by atoms with Crippen LogP contribution in [0.4, 0.5) is 0 Å². The van der Waals surface area contributed by atoms with Crippen LogP contribution in [0.15, 0.2) is 35.6 Å². The first-order chi connectivity index (χ1) is 10.4. The van der Waals surface area contributed by atoms with Crippen molar-refractivity contribution in [1.82, 2.24) is 20.2 Å². The molecule has 6 heteroatoms. The van der Waals surface area contributed by atoms with Gasteiger partial charge in [0.15, 0.2) is 5.96 Å². The van der Waals surface area contributed by atoms with E-state index in [4.69, 9.17) is 0 Å². The average Bonchev–Trinajstić information content (AvgIpc) is 2.87. The molecule has 1 aliphatic rings. The van der Waals surface area contributed by atoms with Gasteiger partial charge in [-0.1, -0.05) is 18.6 Å². The van der Waals surface area contributed by atoms with Crippen LogP contribution >= 0.6 is 24.0 Å². The van der Waals surface area contributed by atoms with Crippen molar-refractivity contribution < 1.29 is 0 Å². The Morgan fingerprint density at radius 2 is 2.14 bits per heavy atom. The number of hydrogen-bond acceptors (Lipinski definition) is 2. The molecule has 5 nitrogen and oxygen atoms in total. The molecular weight excluding hydrogens is 389 g/mol. The Kier molecular flexibility index (Phi) is 6.48. The van der Waals surface area contributed by atoms with E-state index in [0.717, 1.165) is 37.0 Å². The van der Waals surface area contributed by atoms with Crippen LogP contribution in [-0.4, -0.2) is 35.6 Å². The van der Waals surface area contributed by atoms with Gasteiger partial charge in [0.1, 0.15) is 0 Å². The van der Waals surface area contributed by atoms with Crippen molar-refractivity contribution in [2.45, 2.75) is 25.8 Å². The smallest absolute Gasteiger partial charge is 0.191 e. The van der Waals surface area contributed by atoms with Crippen LogP contribution < -0.4 is 10.6 Å². The maximum atomic E-state index is 4.40. The Bertz CT molecular complexity index is 618. The third-order valence-electron chi connectivity index (χ3n) is 4.18. The molecule has 1 fully saturated rings. The number of guanidine groups is 1. The van der Waals surface area contributed by atoms with Crippen LogP contribution in [0, 0.1) is 5.92 Å². The number of nitrogens with zero attached hydrogens (tertiary/aromatic N) is 3. The second-order valence-electron chi connectivity index (χ2n) is 5.60. The first kappa shape index (κ1) is 17.1. The van der Waals surface area contributed by atoms with Gasteiger partial charge in [0, 0.05) is 26.7 Å². The molecule has 1 saturated carbocycles. The summed E-state index contributed by atoms with van der Waals surface area (Å²) in [5, 5.41) is 6.77. The van der Waals surface area contributed by atoms with E-state index >= 15 is 0 Å². The molecule has 0 saturated heterocycles. The van der Waals surface area contributed by atoms with E-state index in [1.54, 1.807) is 0 Å². The summed E-state index contributed by atoms with van der Waals surface area (Å²) < 4.78 is 2.17. The Hall–Kier alpha value is -1.31. The van der Waals surface area contributed by atoms with E-state index in [0.29, 0.717) is 0 Å². The monoisotopic (exact) mass is 413 g/mol. The lowest BCUT2D eigenvalue weighted by molar-refractivity contribution is 0.314. The third kappa shape index (κ3) is 4.12. The van der Waals surface area contributed by atoms with Crippen molar-refractivity contribution in [3.8, 4) is 0 Å². The maximum absolute atomic E-state index is 4.40. The van der Waals surface area contributed by atoms with E-state index in [-0.39, 0.29) is 24.0 Å². The minimum absolute atomic E-state index is 0. The number of benzene rings is 1. The minimum atomic E-state index is 0. The first-order valence-corrected chi connectivity index (χ1v) is 7.71. The van der Waals surface area contributed by atoms with Crippen molar-refractivity contribution in [2.75, 3.05) is 20.1 Å². The number of rotatable bonds is 5. The van der Waals surface area contributed by atoms with Crippen molar-refractivity contribution in [1.29, 1.82) is 0 Å².